The largest absolute Gasteiger partial charge is 0.497 e. The molecular weight excluding hydrogens is 264 g/mol. The molecule has 0 aliphatic carbocycles. The minimum Gasteiger partial charge on any atom is -0.497 e. The lowest BCUT2D eigenvalue weighted by atomic mass is 10.2. The average Bonchev–Trinajstić information content (AvgIpc) is 2.55. The van der Waals surface area contributed by atoms with Gasteiger partial charge in [0.15, 0.2) is 0 Å². The Bertz CT molecular complexity index is 604. The van der Waals surface area contributed by atoms with Crippen LogP contribution in [0.15, 0.2) is 48.5 Å². The van der Waals surface area contributed by atoms with Crippen LogP contribution in [0.25, 0.3) is 0 Å². The predicted octanol–water partition coefficient (Wildman–Crippen LogP) is 3.12. The molecule has 0 fully saturated rings. The van der Waals surface area contributed by atoms with Crippen LogP contribution < -0.4 is 9.47 Å². The Hall–Kier alpha value is -2.44. The van der Waals surface area contributed by atoms with E-state index in [4.69, 9.17) is 14.2 Å². The minimum atomic E-state index is 0.549. The van der Waals surface area contributed by atoms with Crippen LogP contribution in [0.5, 0.6) is 11.5 Å². The first-order chi connectivity index (χ1) is 10.3. The molecule has 0 aliphatic rings. The van der Waals surface area contributed by atoms with E-state index in [2.05, 4.69) is 11.8 Å². The molecule has 3 nitrogen and oxygen atoms in total. The van der Waals surface area contributed by atoms with Crippen molar-refractivity contribution in [3.8, 4) is 23.3 Å². The van der Waals surface area contributed by atoms with Crippen LogP contribution in [0, 0.1) is 11.8 Å². The molecule has 108 valence electrons. The molecule has 2 aromatic carbocycles. The van der Waals surface area contributed by atoms with Gasteiger partial charge < -0.3 is 14.2 Å². The van der Waals surface area contributed by atoms with Crippen molar-refractivity contribution in [1.29, 1.82) is 0 Å². The summed E-state index contributed by atoms with van der Waals surface area (Å²) in [4.78, 5) is 0. The number of ether oxygens (including phenoxy) is 3. The highest BCUT2D eigenvalue weighted by molar-refractivity contribution is 5.45. The molecule has 0 aliphatic heterocycles. The summed E-state index contributed by atoms with van der Waals surface area (Å²) in [6.45, 7) is 1.13. The van der Waals surface area contributed by atoms with Gasteiger partial charge in [-0.25, -0.2) is 0 Å². The van der Waals surface area contributed by atoms with Crippen LogP contribution in [0.1, 0.15) is 11.1 Å². The summed E-state index contributed by atoms with van der Waals surface area (Å²) in [7, 11) is 3.30. The second-order valence-corrected chi connectivity index (χ2v) is 4.34. The van der Waals surface area contributed by atoms with Crippen molar-refractivity contribution in [3.05, 3.63) is 59.7 Å². The van der Waals surface area contributed by atoms with Crippen LogP contribution in [0.2, 0.25) is 0 Å². The van der Waals surface area contributed by atoms with Gasteiger partial charge >= 0.3 is 0 Å². The lowest BCUT2D eigenvalue weighted by Gasteiger charge is -2.04. The highest BCUT2D eigenvalue weighted by Crippen LogP contribution is 2.12. The molecule has 0 bridgehead atoms. The smallest absolute Gasteiger partial charge is 0.119 e. The Morgan fingerprint density at radius 2 is 1.24 bits per heavy atom. The van der Waals surface area contributed by atoms with Crippen molar-refractivity contribution in [2.75, 3.05) is 27.4 Å². The van der Waals surface area contributed by atoms with E-state index in [1.807, 2.05) is 48.5 Å². The predicted molar refractivity (Wildman–Crippen MR) is 82.8 cm³/mol. The van der Waals surface area contributed by atoms with Gasteiger partial charge in [0.25, 0.3) is 0 Å². The van der Waals surface area contributed by atoms with Crippen LogP contribution >= 0.6 is 0 Å². The first-order valence-corrected chi connectivity index (χ1v) is 6.69. The van der Waals surface area contributed by atoms with Gasteiger partial charge in [0.2, 0.25) is 0 Å². The molecule has 0 atom stereocenters. The third kappa shape index (κ3) is 4.87. The zero-order valence-corrected chi connectivity index (χ0v) is 12.3. The summed E-state index contributed by atoms with van der Waals surface area (Å²) in [5.74, 6) is 7.89. The molecule has 0 amide bonds. The van der Waals surface area contributed by atoms with Gasteiger partial charge in [-0.05, 0) is 48.5 Å². The van der Waals surface area contributed by atoms with Crippen LogP contribution in [-0.4, -0.2) is 27.4 Å². The monoisotopic (exact) mass is 282 g/mol. The average molecular weight is 282 g/mol. The highest BCUT2D eigenvalue weighted by atomic mass is 16.5. The molecule has 0 N–H and O–H groups in total. The van der Waals surface area contributed by atoms with Crippen molar-refractivity contribution < 1.29 is 14.2 Å². The van der Waals surface area contributed by atoms with E-state index in [0.29, 0.717) is 13.2 Å². The summed E-state index contributed by atoms with van der Waals surface area (Å²) in [6, 6.07) is 15.4. The van der Waals surface area contributed by atoms with Gasteiger partial charge in [0.05, 0.1) is 13.7 Å². The maximum Gasteiger partial charge on any atom is 0.119 e. The molecule has 21 heavy (non-hydrogen) atoms. The van der Waals surface area contributed by atoms with Gasteiger partial charge in [-0.3, -0.25) is 0 Å². The second kappa shape index (κ2) is 7.98. The van der Waals surface area contributed by atoms with Crippen molar-refractivity contribution in [2.24, 2.45) is 0 Å². The zero-order valence-electron chi connectivity index (χ0n) is 12.3. The van der Waals surface area contributed by atoms with E-state index < -0.39 is 0 Å². The molecule has 3 heteroatoms. The zero-order chi connectivity index (χ0) is 14.9. The van der Waals surface area contributed by atoms with E-state index >= 15 is 0 Å². The Morgan fingerprint density at radius 3 is 1.71 bits per heavy atom. The fourth-order valence-electron chi connectivity index (χ4n) is 1.70. The summed E-state index contributed by atoms with van der Waals surface area (Å²) in [6.07, 6.45) is 0. The third-order valence-corrected chi connectivity index (χ3v) is 2.85. The maximum atomic E-state index is 5.50. The molecule has 2 rings (SSSR count). The van der Waals surface area contributed by atoms with Crippen molar-refractivity contribution in [2.45, 2.75) is 0 Å². The summed E-state index contributed by atoms with van der Waals surface area (Å²) < 4.78 is 15.6. The van der Waals surface area contributed by atoms with Crippen molar-refractivity contribution >= 4 is 0 Å². The Balaban J connectivity index is 1.98. The first kappa shape index (κ1) is 15.0. The first-order valence-electron chi connectivity index (χ1n) is 6.69. The van der Waals surface area contributed by atoms with Crippen molar-refractivity contribution in [3.63, 3.8) is 0 Å². The van der Waals surface area contributed by atoms with E-state index in [-0.39, 0.29) is 0 Å². The molecule has 0 saturated carbocycles. The summed E-state index contributed by atoms with van der Waals surface area (Å²) in [5.41, 5.74) is 1.90. The molecule has 0 aromatic heterocycles. The van der Waals surface area contributed by atoms with Gasteiger partial charge in [0.1, 0.15) is 18.1 Å². The molecule has 0 heterocycles. The molecule has 0 radical (unpaired) electrons. The number of methoxy groups -OCH3 is 2. The Morgan fingerprint density at radius 1 is 0.714 bits per heavy atom. The standard InChI is InChI=1S/C18H18O3/c1-19-13-14-21-18-11-7-16(8-12-18)4-3-15-5-9-17(20-2)10-6-15/h5-12H,13-14H2,1-2H3. The SMILES string of the molecule is COCCOc1ccc(C#Cc2ccc(OC)cc2)cc1. The quantitative estimate of drug-likeness (QED) is 0.623. The van der Waals surface area contributed by atoms with E-state index in [1.165, 1.54) is 0 Å². The number of hydrogen-bond acceptors (Lipinski definition) is 3. The topological polar surface area (TPSA) is 27.7 Å². The number of benzene rings is 2. The summed E-state index contributed by atoms with van der Waals surface area (Å²) >= 11 is 0. The Labute approximate surface area is 125 Å². The normalized spacial score (nSPS) is 9.62. The summed E-state index contributed by atoms with van der Waals surface area (Å²) in [5, 5.41) is 0. The van der Waals surface area contributed by atoms with Crippen molar-refractivity contribution in [1.82, 2.24) is 0 Å². The minimum absolute atomic E-state index is 0.549. The number of rotatable bonds is 5. The van der Waals surface area contributed by atoms with Gasteiger partial charge in [0, 0.05) is 18.2 Å². The molecule has 0 saturated heterocycles. The van der Waals surface area contributed by atoms with Crippen LogP contribution in [0.3, 0.4) is 0 Å². The second-order valence-electron chi connectivity index (χ2n) is 4.34. The molecular formula is C18H18O3. The fourth-order valence-corrected chi connectivity index (χ4v) is 1.70. The highest BCUT2D eigenvalue weighted by Gasteiger charge is 1.94. The van der Waals surface area contributed by atoms with Gasteiger partial charge in [-0.1, -0.05) is 11.8 Å². The molecule has 2 aromatic rings. The van der Waals surface area contributed by atoms with Gasteiger partial charge in [-0.2, -0.15) is 0 Å². The van der Waals surface area contributed by atoms with Gasteiger partial charge in [-0.15, -0.1) is 0 Å². The fraction of sp³-hybridized carbons (Fsp3) is 0.222. The maximum absolute atomic E-state index is 5.50. The lowest BCUT2D eigenvalue weighted by Crippen LogP contribution is -2.03. The lowest BCUT2D eigenvalue weighted by molar-refractivity contribution is 0.146. The van der Waals surface area contributed by atoms with E-state index in [9.17, 15) is 0 Å². The third-order valence-electron chi connectivity index (χ3n) is 2.85. The Kier molecular flexibility index (Phi) is 5.69. The van der Waals surface area contributed by atoms with Crippen LogP contribution in [0.4, 0.5) is 0 Å². The molecule has 0 unspecified atom stereocenters. The number of hydrogen-bond donors (Lipinski definition) is 0. The van der Waals surface area contributed by atoms with E-state index in [1.54, 1.807) is 14.2 Å². The van der Waals surface area contributed by atoms with E-state index in [0.717, 1.165) is 22.6 Å². The molecule has 0 spiro atoms. The van der Waals surface area contributed by atoms with Crippen LogP contribution in [-0.2, 0) is 4.74 Å².